The highest BCUT2D eigenvalue weighted by atomic mass is 32.2. The first-order valence-electron chi connectivity index (χ1n) is 7.49. The fraction of sp³-hybridized carbons (Fsp3) is 0.562. The topological polar surface area (TPSA) is 41.6 Å². The molecule has 0 unspecified atom stereocenters. The summed E-state index contributed by atoms with van der Waals surface area (Å²) >= 11 is 1.99. The minimum atomic E-state index is -0.0632. The quantitative estimate of drug-likeness (QED) is 0.904. The lowest BCUT2D eigenvalue weighted by Crippen LogP contribution is -2.30. The van der Waals surface area contributed by atoms with Gasteiger partial charge < -0.3 is 15.0 Å². The van der Waals surface area contributed by atoms with Crippen molar-refractivity contribution in [2.45, 2.75) is 30.8 Å². The molecule has 21 heavy (non-hydrogen) atoms. The molecule has 1 aromatic carbocycles. The van der Waals surface area contributed by atoms with Gasteiger partial charge in [0, 0.05) is 43.5 Å². The van der Waals surface area contributed by atoms with Crippen LogP contribution in [0.1, 0.15) is 25.3 Å². The van der Waals surface area contributed by atoms with Gasteiger partial charge in [-0.3, -0.25) is 0 Å². The zero-order valence-electron chi connectivity index (χ0n) is 12.8. The molecular weight excluding hydrogens is 284 g/mol. The smallest absolute Gasteiger partial charge is 0.321 e. The summed E-state index contributed by atoms with van der Waals surface area (Å²) in [7, 11) is 1.79. The molecule has 2 rings (SSSR count). The molecule has 1 aromatic rings. The Labute approximate surface area is 131 Å². The molecule has 0 aromatic heterocycles. The summed E-state index contributed by atoms with van der Waals surface area (Å²) in [6, 6.07) is 8.05. The van der Waals surface area contributed by atoms with Crippen molar-refractivity contribution in [1.29, 1.82) is 0 Å². The Morgan fingerprint density at radius 3 is 2.90 bits per heavy atom. The minimum absolute atomic E-state index is 0.0632. The SMILES string of the molecule is CCN(C)C(=O)Nc1cccc(CSC2CCOCC2)c1. The fourth-order valence-electron chi connectivity index (χ4n) is 2.16. The number of amides is 2. The van der Waals surface area contributed by atoms with Gasteiger partial charge in [-0.15, -0.1) is 0 Å². The molecule has 1 N–H and O–H groups in total. The highest BCUT2D eigenvalue weighted by molar-refractivity contribution is 7.99. The number of carbonyl (C=O) groups excluding carboxylic acids is 1. The first-order valence-corrected chi connectivity index (χ1v) is 8.54. The average molecular weight is 308 g/mol. The molecule has 0 bridgehead atoms. The van der Waals surface area contributed by atoms with E-state index in [4.69, 9.17) is 4.74 Å². The third kappa shape index (κ3) is 5.25. The summed E-state index contributed by atoms with van der Waals surface area (Å²) in [5.74, 6) is 0.984. The van der Waals surface area contributed by atoms with Crippen LogP contribution in [0.2, 0.25) is 0 Å². The Bertz CT molecular complexity index is 461. The van der Waals surface area contributed by atoms with Crippen molar-refractivity contribution in [3.63, 3.8) is 0 Å². The van der Waals surface area contributed by atoms with Crippen LogP contribution < -0.4 is 5.32 Å². The van der Waals surface area contributed by atoms with E-state index in [1.54, 1.807) is 11.9 Å². The monoisotopic (exact) mass is 308 g/mol. The van der Waals surface area contributed by atoms with E-state index in [-0.39, 0.29) is 6.03 Å². The normalized spacial score (nSPS) is 15.7. The molecule has 1 heterocycles. The summed E-state index contributed by atoms with van der Waals surface area (Å²) in [5, 5.41) is 3.63. The molecule has 116 valence electrons. The number of benzene rings is 1. The first kappa shape index (κ1) is 16.2. The van der Waals surface area contributed by atoms with Crippen LogP contribution in [0.15, 0.2) is 24.3 Å². The lowest BCUT2D eigenvalue weighted by atomic mass is 10.2. The van der Waals surface area contributed by atoms with E-state index in [2.05, 4.69) is 17.4 Å². The molecule has 0 saturated carbocycles. The zero-order chi connectivity index (χ0) is 15.1. The van der Waals surface area contributed by atoms with Crippen LogP contribution in [0.5, 0.6) is 0 Å². The maximum absolute atomic E-state index is 11.9. The molecule has 0 spiro atoms. The third-order valence-electron chi connectivity index (χ3n) is 3.65. The number of anilines is 1. The molecule has 1 fully saturated rings. The Morgan fingerprint density at radius 1 is 1.43 bits per heavy atom. The number of carbonyl (C=O) groups is 1. The fourth-order valence-corrected chi connectivity index (χ4v) is 3.29. The van der Waals surface area contributed by atoms with Crippen molar-refractivity contribution >= 4 is 23.5 Å². The van der Waals surface area contributed by atoms with Gasteiger partial charge in [-0.25, -0.2) is 4.79 Å². The van der Waals surface area contributed by atoms with Gasteiger partial charge in [0.25, 0.3) is 0 Å². The molecular formula is C16H24N2O2S. The first-order chi connectivity index (χ1) is 10.2. The van der Waals surface area contributed by atoms with Crippen LogP contribution in [-0.4, -0.2) is 43.0 Å². The molecule has 1 saturated heterocycles. The van der Waals surface area contributed by atoms with Gasteiger partial charge in [0.15, 0.2) is 0 Å². The largest absolute Gasteiger partial charge is 0.381 e. The third-order valence-corrected chi connectivity index (χ3v) is 5.10. The molecule has 0 radical (unpaired) electrons. The van der Waals surface area contributed by atoms with Gasteiger partial charge in [-0.1, -0.05) is 12.1 Å². The number of hydrogen-bond acceptors (Lipinski definition) is 3. The zero-order valence-corrected chi connectivity index (χ0v) is 13.6. The maximum atomic E-state index is 11.9. The summed E-state index contributed by atoms with van der Waals surface area (Å²) in [6.45, 7) is 4.43. The van der Waals surface area contributed by atoms with Gasteiger partial charge >= 0.3 is 6.03 Å². The van der Waals surface area contributed by atoms with Crippen molar-refractivity contribution in [1.82, 2.24) is 4.90 Å². The van der Waals surface area contributed by atoms with E-state index in [0.717, 1.165) is 37.5 Å². The highest BCUT2D eigenvalue weighted by Gasteiger charge is 2.14. The van der Waals surface area contributed by atoms with Crippen LogP contribution in [0.3, 0.4) is 0 Å². The number of nitrogens with zero attached hydrogens (tertiary/aromatic N) is 1. The standard InChI is InChI=1S/C16H24N2O2S/c1-3-18(2)16(19)17-14-6-4-5-13(11-14)12-21-15-7-9-20-10-8-15/h4-6,11,15H,3,7-10,12H2,1-2H3,(H,17,19). The van der Waals surface area contributed by atoms with E-state index in [1.807, 2.05) is 30.8 Å². The van der Waals surface area contributed by atoms with Crippen molar-refractivity contribution in [3.05, 3.63) is 29.8 Å². The molecule has 1 aliphatic rings. The molecule has 0 atom stereocenters. The van der Waals surface area contributed by atoms with E-state index in [0.29, 0.717) is 11.8 Å². The Morgan fingerprint density at radius 2 is 2.19 bits per heavy atom. The number of rotatable bonds is 5. The second kappa shape index (κ2) is 8.29. The van der Waals surface area contributed by atoms with Gasteiger partial charge in [-0.05, 0) is 37.5 Å². The van der Waals surface area contributed by atoms with Crippen molar-refractivity contribution in [3.8, 4) is 0 Å². The Balaban J connectivity index is 1.86. The lowest BCUT2D eigenvalue weighted by molar-refractivity contribution is 0.1000. The predicted molar refractivity (Wildman–Crippen MR) is 88.9 cm³/mol. The summed E-state index contributed by atoms with van der Waals surface area (Å²) < 4.78 is 5.38. The van der Waals surface area contributed by atoms with E-state index in [1.165, 1.54) is 5.56 Å². The van der Waals surface area contributed by atoms with E-state index in [9.17, 15) is 4.79 Å². The van der Waals surface area contributed by atoms with Crippen LogP contribution in [-0.2, 0) is 10.5 Å². The molecule has 1 aliphatic heterocycles. The number of nitrogens with one attached hydrogen (secondary N) is 1. The number of urea groups is 1. The maximum Gasteiger partial charge on any atom is 0.321 e. The molecule has 0 aliphatic carbocycles. The van der Waals surface area contributed by atoms with Crippen molar-refractivity contribution in [2.24, 2.45) is 0 Å². The van der Waals surface area contributed by atoms with Gasteiger partial charge in [-0.2, -0.15) is 11.8 Å². The van der Waals surface area contributed by atoms with Gasteiger partial charge in [0.05, 0.1) is 0 Å². The van der Waals surface area contributed by atoms with Gasteiger partial charge in [0.1, 0.15) is 0 Å². The van der Waals surface area contributed by atoms with E-state index >= 15 is 0 Å². The lowest BCUT2D eigenvalue weighted by Gasteiger charge is -2.21. The summed E-state index contributed by atoms with van der Waals surface area (Å²) in [4.78, 5) is 13.5. The number of ether oxygens (including phenoxy) is 1. The number of hydrogen-bond donors (Lipinski definition) is 1. The van der Waals surface area contributed by atoms with Crippen molar-refractivity contribution < 1.29 is 9.53 Å². The van der Waals surface area contributed by atoms with E-state index < -0.39 is 0 Å². The summed E-state index contributed by atoms with van der Waals surface area (Å²) in [5.41, 5.74) is 2.12. The minimum Gasteiger partial charge on any atom is -0.381 e. The molecule has 4 nitrogen and oxygen atoms in total. The second-order valence-electron chi connectivity index (χ2n) is 5.27. The van der Waals surface area contributed by atoms with Crippen molar-refractivity contribution in [2.75, 3.05) is 32.1 Å². The Kier molecular flexibility index (Phi) is 6.39. The average Bonchev–Trinajstić information content (AvgIpc) is 2.53. The van der Waals surface area contributed by atoms with Gasteiger partial charge in [0.2, 0.25) is 0 Å². The summed E-state index contributed by atoms with van der Waals surface area (Å²) in [6.07, 6.45) is 2.28. The van der Waals surface area contributed by atoms with Crippen LogP contribution >= 0.6 is 11.8 Å². The second-order valence-corrected chi connectivity index (χ2v) is 6.56. The highest BCUT2D eigenvalue weighted by Crippen LogP contribution is 2.26. The van der Waals surface area contributed by atoms with Crippen LogP contribution in [0.25, 0.3) is 0 Å². The predicted octanol–water partition coefficient (Wildman–Crippen LogP) is 3.58. The Hall–Kier alpha value is -1.20. The van der Waals surface area contributed by atoms with Crippen LogP contribution in [0.4, 0.5) is 10.5 Å². The van der Waals surface area contributed by atoms with Crippen LogP contribution in [0, 0.1) is 0 Å². The molecule has 5 heteroatoms. The number of thioether (sulfide) groups is 1. The molecule has 2 amide bonds.